The van der Waals surface area contributed by atoms with E-state index in [-0.39, 0.29) is 5.41 Å². The number of rotatable bonds is 8. The minimum atomic E-state index is -0.997. The molecule has 0 unspecified atom stereocenters. The fourth-order valence-corrected chi connectivity index (χ4v) is 7.10. The largest absolute Gasteiger partial charge is 0.493 e. The van der Waals surface area contributed by atoms with Crippen molar-refractivity contribution in [1.29, 1.82) is 0 Å². The van der Waals surface area contributed by atoms with Gasteiger partial charge in [0.1, 0.15) is 11.3 Å². The van der Waals surface area contributed by atoms with Crippen LogP contribution in [0.4, 0.5) is 5.69 Å². The first-order valence-corrected chi connectivity index (χ1v) is 14.0. The van der Waals surface area contributed by atoms with Crippen molar-refractivity contribution in [3.8, 4) is 5.75 Å². The molecule has 1 aromatic heterocycles. The summed E-state index contributed by atoms with van der Waals surface area (Å²) < 4.78 is 6.29. The number of carboxylic acid groups (broad SMARTS) is 1. The lowest BCUT2D eigenvalue weighted by molar-refractivity contribution is -0.144. The molecule has 2 atom stereocenters. The number of carbonyl (C=O) groups is 1. The van der Waals surface area contributed by atoms with Crippen LogP contribution in [0.3, 0.4) is 0 Å². The van der Waals surface area contributed by atoms with Crippen molar-refractivity contribution in [2.45, 2.75) is 70.3 Å². The maximum atomic E-state index is 12.6. The average Bonchev–Trinajstić information content (AvgIpc) is 3.17. The maximum Gasteiger partial charge on any atom is 0.329 e. The fourth-order valence-electron chi connectivity index (χ4n) is 6.91. The second-order valence-electron chi connectivity index (χ2n) is 11.5. The smallest absolute Gasteiger partial charge is 0.329 e. The van der Waals surface area contributed by atoms with Crippen molar-refractivity contribution in [3.63, 3.8) is 0 Å². The Hall–Kier alpha value is -3.05. The zero-order valence-electron chi connectivity index (χ0n) is 22.5. The highest BCUT2D eigenvalue weighted by Crippen LogP contribution is 2.56. The molecule has 0 radical (unpaired) electrons. The molecule has 1 heterocycles. The number of benzene rings is 2. The average molecular weight is 533 g/mol. The van der Waals surface area contributed by atoms with Crippen molar-refractivity contribution >= 4 is 23.3 Å². The highest BCUT2D eigenvalue weighted by Gasteiger charge is 2.54. The summed E-state index contributed by atoms with van der Waals surface area (Å²) in [4.78, 5) is 16.9. The van der Waals surface area contributed by atoms with Gasteiger partial charge >= 0.3 is 5.97 Å². The van der Waals surface area contributed by atoms with Crippen LogP contribution in [-0.2, 0) is 16.6 Å². The minimum absolute atomic E-state index is 0.0116. The summed E-state index contributed by atoms with van der Waals surface area (Å²) in [6.07, 6.45) is 8.60. The van der Waals surface area contributed by atoms with E-state index < -0.39 is 11.5 Å². The van der Waals surface area contributed by atoms with Crippen LogP contribution >= 0.6 is 11.6 Å². The zero-order chi connectivity index (χ0) is 26.9. The van der Waals surface area contributed by atoms with Gasteiger partial charge in [-0.15, -0.1) is 0 Å². The Labute approximate surface area is 230 Å². The molecule has 1 saturated carbocycles. The summed E-state index contributed by atoms with van der Waals surface area (Å²) >= 11 is 6.19. The number of aryl methyl sites for hydroxylation is 2. The number of fused-ring (bicyclic) bond motifs is 2. The molecule has 2 aromatic carbocycles. The van der Waals surface area contributed by atoms with Crippen molar-refractivity contribution in [3.05, 3.63) is 88.2 Å². The number of ether oxygens (including phenoxy) is 1. The predicted octanol–water partition coefficient (Wildman–Crippen LogP) is 7.38. The molecule has 3 aromatic rings. The third-order valence-electron chi connectivity index (χ3n) is 8.87. The van der Waals surface area contributed by atoms with Crippen LogP contribution in [0.15, 0.2) is 60.9 Å². The van der Waals surface area contributed by atoms with E-state index in [1.54, 1.807) is 12.1 Å². The van der Waals surface area contributed by atoms with E-state index in [2.05, 4.69) is 41.5 Å². The first-order valence-electron chi connectivity index (χ1n) is 13.6. The zero-order valence-corrected chi connectivity index (χ0v) is 23.2. The Morgan fingerprint density at radius 1 is 1.11 bits per heavy atom. The summed E-state index contributed by atoms with van der Waals surface area (Å²) in [5.74, 6) is 0.970. The summed E-state index contributed by atoms with van der Waals surface area (Å²) in [6, 6.07) is 16.1. The van der Waals surface area contributed by atoms with Crippen LogP contribution in [0.1, 0.15) is 61.3 Å². The highest BCUT2D eigenvalue weighted by molar-refractivity contribution is 6.30. The Morgan fingerprint density at radius 3 is 2.50 bits per heavy atom. The Bertz CT molecular complexity index is 1300. The van der Waals surface area contributed by atoms with Gasteiger partial charge in [0, 0.05) is 34.2 Å². The van der Waals surface area contributed by atoms with Crippen molar-refractivity contribution in [2.24, 2.45) is 11.8 Å². The van der Waals surface area contributed by atoms with E-state index in [0.717, 1.165) is 48.2 Å². The van der Waals surface area contributed by atoms with E-state index in [9.17, 15) is 9.90 Å². The molecular weight excluding hydrogens is 496 g/mol. The van der Waals surface area contributed by atoms with Gasteiger partial charge < -0.3 is 15.2 Å². The highest BCUT2D eigenvalue weighted by atomic mass is 35.5. The lowest BCUT2D eigenvalue weighted by Gasteiger charge is -2.47. The normalized spacial score (nSPS) is 25.1. The van der Waals surface area contributed by atoms with Crippen LogP contribution in [0.25, 0.3) is 0 Å². The second-order valence-corrected chi connectivity index (χ2v) is 11.9. The van der Waals surface area contributed by atoms with Gasteiger partial charge in [-0.3, -0.25) is 4.98 Å². The molecule has 1 fully saturated rings. The molecule has 2 aliphatic carbocycles. The van der Waals surface area contributed by atoms with Crippen LogP contribution in [0.5, 0.6) is 5.75 Å². The van der Waals surface area contributed by atoms with Gasteiger partial charge in [-0.05, 0) is 98.9 Å². The molecular formula is C32H37ClN2O3. The molecule has 6 heteroatoms. The van der Waals surface area contributed by atoms with Crippen molar-refractivity contribution < 1.29 is 14.6 Å². The van der Waals surface area contributed by atoms with Crippen LogP contribution in [0.2, 0.25) is 5.02 Å². The van der Waals surface area contributed by atoms with E-state index in [0.29, 0.717) is 36.3 Å². The minimum Gasteiger partial charge on any atom is -0.493 e. The standard InChI is InChI=1S/C32H37ClN2O3/c1-21(20-38-29-22(2)18-34-19-23(29)3)15-25-16-24-7-4-5-10-28(24)31(25)11-13-32(14-12-31,30(36)37)35-27-9-6-8-26(33)17-27/h4-10,17-19,21,25,35H,11-16,20H2,1-3H3,(H,36,37)/t21-,25+,31?,32?/m1/s1. The van der Waals surface area contributed by atoms with E-state index in [1.165, 1.54) is 11.1 Å². The fraction of sp³-hybridized carbons (Fsp3) is 0.438. The molecule has 38 heavy (non-hydrogen) atoms. The summed E-state index contributed by atoms with van der Waals surface area (Å²) in [6.45, 7) is 7.01. The molecule has 0 bridgehead atoms. The third-order valence-corrected chi connectivity index (χ3v) is 9.10. The summed E-state index contributed by atoms with van der Waals surface area (Å²) in [5.41, 5.74) is 4.70. The Morgan fingerprint density at radius 2 is 1.82 bits per heavy atom. The molecule has 2 N–H and O–H groups in total. The molecule has 1 spiro atoms. The number of hydrogen-bond acceptors (Lipinski definition) is 4. The maximum absolute atomic E-state index is 12.6. The van der Waals surface area contributed by atoms with E-state index in [1.807, 2.05) is 38.4 Å². The molecule has 0 amide bonds. The number of hydrogen-bond donors (Lipinski definition) is 2. The number of anilines is 1. The van der Waals surface area contributed by atoms with Gasteiger partial charge in [-0.2, -0.15) is 0 Å². The number of nitrogens with one attached hydrogen (secondary N) is 1. The molecule has 2 aliphatic rings. The summed E-state index contributed by atoms with van der Waals surface area (Å²) in [7, 11) is 0. The van der Waals surface area contributed by atoms with Gasteiger partial charge in [-0.25, -0.2) is 4.79 Å². The molecule has 0 saturated heterocycles. The monoisotopic (exact) mass is 532 g/mol. The predicted molar refractivity (Wildman–Crippen MR) is 152 cm³/mol. The quantitative estimate of drug-likeness (QED) is 0.317. The van der Waals surface area contributed by atoms with Crippen molar-refractivity contribution in [1.82, 2.24) is 4.98 Å². The number of halogens is 1. The van der Waals surface area contributed by atoms with Gasteiger partial charge in [0.25, 0.3) is 0 Å². The first-order chi connectivity index (χ1) is 18.2. The van der Waals surface area contributed by atoms with Crippen molar-refractivity contribution in [2.75, 3.05) is 11.9 Å². The number of carboxylic acids is 1. The van der Waals surface area contributed by atoms with Crippen LogP contribution < -0.4 is 10.1 Å². The van der Waals surface area contributed by atoms with Gasteiger partial charge in [0.05, 0.1) is 6.61 Å². The van der Waals surface area contributed by atoms with Crippen LogP contribution in [0, 0.1) is 25.7 Å². The SMILES string of the molecule is Cc1cncc(C)c1OC[C@H](C)C[C@H]1Cc2ccccc2C12CCC(Nc1cccc(Cl)c1)(C(=O)O)CC2. The van der Waals surface area contributed by atoms with E-state index in [4.69, 9.17) is 16.3 Å². The first kappa shape index (κ1) is 26.6. The second kappa shape index (κ2) is 10.6. The summed E-state index contributed by atoms with van der Waals surface area (Å²) in [5, 5.41) is 14.3. The molecule has 0 aliphatic heterocycles. The molecule has 5 nitrogen and oxygen atoms in total. The topological polar surface area (TPSA) is 71.5 Å². The van der Waals surface area contributed by atoms with E-state index >= 15 is 0 Å². The lowest BCUT2D eigenvalue weighted by Crippen LogP contribution is -2.53. The number of pyridine rings is 1. The number of aromatic nitrogens is 1. The van der Waals surface area contributed by atoms with Gasteiger partial charge in [0.2, 0.25) is 0 Å². The molecule has 5 rings (SSSR count). The Balaban J connectivity index is 1.35. The number of aliphatic carboxylic acids is 1. The molecule has 200 valence electrons. The van der Waals surface area contributed by atoms with Gasteiger partial charge in [-0.1, -0.05) is 48.9 Å². The third kappa shape index (κ3) is 5.01. The number of nitrogens with zero attached hydrogens (tertiary/aromatic N) is 1. The Kier molecular flexibility index (Phi) is 7.41. The van der Waals surface area contributed by atoms with Gasteiger partial charge in [0.15, 0.2) is 0 Å². The lowest BCUT2D eigenvalue weighted by atomic mass is 9.59. The van der Waals surface area contributed by atoms with Crippen LogP contribution in [-0.4, -0.2) is 28.2 Å².